The highest BCUT2D eigenvalue weighted by molar-refractivity contribution is 5.34. The summed E-state index contributed by atoms with van der Waals surface area (Å²) in [7, 11) is 0. The molecule has 0 aromatic heterocycles. The van der Waals surface area contributed by atoms with Crippen molar-refractivity contribution in [2.75, 3.05) is 0 Å². The van der Waals surface area contributed by atoms with E-state index in [9.17, 15) is 0 Å². The van der Waals surface area contributed by atoms with Gasteiger partial charge in [-0.25, -0.2) is 0 Å². The highest BCUT2D eigenvalue weighted by Crippen LogP contribution is 2.25. The summed E-state index contributed by atoms with van der Waals surface area (Å²) in [5.41, 5.74) is 2.24. The Morgan fingerprint density at radius 2 is 1.85 bits per heavy atom. The predicted octanol–water partition coefficient (Wildman–Crippen LogP) is 4.50. The predicted molar refractivity (Wildman–Crippen MR) is 87.5 cm³/mol. The van der Waals surface area contributed by atoms with Gasteiger partial charge in [-0.15, -0.1) is 0 Å². The van der Waals surface area contributed by atoms with Gasteiger partial charge in [-0.3, -0.25) is 0 Å². The summed E-state index contributed by atoms with van der Waals surface area (Å²) in [4.78, 5) is 0. The fourth-order valence-electron chi connectivity index (χ4n) is 2.28. The topological polar surface area (TPSA) is 12.0 Å². The molecule has 2 atom stereocenters. The highest BCUT2D eigenvalue weighted by atomic mass is 14.9. The zero-order valence-electron chi connectivity index (χ0n) is 11.9. The third-order valence-electron chi connectivity index (χ3n) is 3.27. The minimum Gasteiger partial charge on any atom is -0.378 e. The van der Waals surface area contributed by atoms with Gasteiger partial charge in [0.2, 0.25) is 0 Å². The lowest BCUT2D eigenvalue weighted by molar-refractivity contribution is 0.614. The molecule has 0 bridgehead atoms. The minimum atomic E-state index is 0.241. The second-order valence-electron chi connectivity index (χ2n) is 4.79. The molecule has 102 valence electrons. The molecule has 0 aliphatic heterocycles. The average molecular weight is 263 g/mol. The Morgan fingerprint density at radius 1 is 1.10 bits per heavy atom. The van der Waals surface area contributed by atoms with Gasteiger partial charge in [0.1, 0.15) is 0 Å². The molecule has 2 unspecified atom stereocenters. The summed E-state index contributed by atoms with van der Waals surface area (Å²) < 4.78 is 0. The van der Waals surface area contributed by atoms with E-state index in [-0.39, 0.29) is 6.04 Å². The van der Waals surface area contributed by atoms with E-state index in [0.717, 1.165) is 5.70 Å². The molecule has 1 aliphatic rings. The molecular formula is C19H21N. The molecule has 0 saturated carbocycles. The molecule has 20 heavy (non-hydrogen) atoms. The number of rotatable bonds is 5. The molecular weight excluding hydrogens is 242 g/mol. The number of allylic oxidation sites excluding steroid dienone is 6. The monoisotopic (exact) mass is 263 g/mol. The summed E-state index contributed by atoms with van der Waals surface area (Å²) in [6.07, 6.45) is 16.6. The maximum Gasteiger partial charge on any atom is 0.0550 e. The summed E-state index contributed by atoms with van der Waals surface area (Å²) in [6.45, 7) is 6.06. The van der Waals surface area contributed by atoms with E-state index in [1.165, 1.54) is 5.56 Å². The normalized spacial score (nSPS) is 21.6. The zero-order chi connectivity index (χ0) is 14.2. The van der Waals surface area contributed by atoms with Gasteiger partial charge in [0.15, 0.2) is 0 Å². The second kappa shape index (κ2) is 7.34. The lowest BCUT2D eigenvalue weighted by atomic mass is 9.88. The number of hydrogen-bond donors (Lipinski definition) is 1. The minimum absolute atomic E-state index is 0.241. The van der Waals surface area contributed by atoms with Gasteiger partial charge in [-0.1, -0.05) is 79.4 Å². The standard InChI is InChI=1S/C19H21N/c1-3-4-6-11-16(2)20-19-15-10-9-14-18(19)17-12-7-5-8-13-17/h3-15,18-20H,2H2,1H3/b4-3-,11-6-. The van der Waals surface area contributed by atoms with Gasteiger partial charge in [0, 0.05) is 11.6 Å². The van der Waals surface area contributed by atoms with Crippen molar-refractivity contribution in [2.24, 2.45) is 0 Å². The molecule has 1 heteroatoms. The van der Waals surface area contributed by atoms with E-state index in [0.29, 0.717) is 5.92 Å². The third kappa shape index (κ3) is 3.86. The first-order valence-electron chi connectivity index (χ1n) is 6.96. The third-order valence-corrected chi connectivity index (χ3v) is 3.27. The van der Waals surface area contributed by atoms with Crippen molar-refractivity contribution in [3.8, 4) is 0 Å². The van der Waals surface area contributed by atoms with Gasteiger partial charge in [0.05, 0.1) is 6.04 Å². The molecule has 1 aliphatic carbocycles. The van der Waals surface area contributed by atoms with Crippen LogP contribution in [0.4, 0.5) is 0 Å². The van der Waals surface area contributed by atoms with Crippen LogP contribution in [0.5, 0.6) is 0 Å². The Kier molecular flexibility index (Phi) is 5.19. The molecule has 1 N–H and O–H groups in total. The fraction of sp³-hybridized carbons (Fsp3) is 0.158. The van der Waals surface area contributed by atoms with Crippen molar-refractivity contribution < 1.29 is 0 Å². The van der Waals surface area contributed by atoms with Crippen molar-refractivity contribution in [1.82, 2.24) is 5.32 Å². The Bertz CT molecular complexity index is 546. The zero-order valence-corrected chi connectivity index (χ0v) is 11.9. The molecule has 1 aromatic rings. The van der Waals surface area contributed by atoms with Crippen LogP contribution in [0.25, 0.3) is 0 Å². The smallest absolute Gasteiger partial charge is 0.0550 e. The lowest BCUT2D eigenvalue weighted by Gasteiger charge is -2.26. The summed E-state index contributed by atoms with van der Waals surface area (Å²) >= 11 is 0. The summed E-state index contributed by atoms with van der Waals surface area (Å²) in [5.74, 6) is 0.341. The molecule has 0 heterocycles. The van der Waals surface area contributed by atoms with Crippen LogP contribution < -0.4 is 5.32 Å². The van der Waals surface area contributed by atoms with Gasteiger partial charge in [-0.05, 0) is 18.6 Å². The lowest BCUT2D eigenvalue weighted by Crippen LogP contribution is -2.32. The quantitative estimate of drug-likeness (QED) is 0.771. The van der Waals surface area contributed by atoms with E-state index < -0.39 is 0 Å². The van der Waals surface area contributed by atoms with E-state index >= 15 is 0 Å². The van der Waals surface area contributed by atoms with E-state index in [2.05, 4.69) is 60.5 Å². The van der Waals surface area contributed by atoms with Gasteiger partial charge < -0.3 is 5.32 Å². The van der Waals surface area contributed by atoms with Crippen molar-refractivity contribution in [2.45, 2.75) is 18.9 Å². The van der Waals surface area contributed by atoms with E-state index in [1.807, 2.05) is 37.3 Å². The van der Waals surface area contributed by atoms with Crippen molar-refractivity contribution >= 4 is 0 Å². The first-order chi connectivity index (χ1) is 9.81. The molecule has 0 amide bonds. The largest absolute Gasteiger partial charge is 0.378 e. The molecule has 0 radical (unpaired) electrons. The van der Waals surface area contributed by atoms with Crippen LogP contribution >= 0.6 is 0 Å². The molecule has 0 spiro atoms. The Morgan fingerprint density at radius 3 is 2.60 bits per heavy atom. The van der Waals surface area contributed by atoms with Crippen LogP contribution in [0.1, 0.15) is 18.4 Å². The van der Waals surface area contributed by atoms with Crippen LogP contribution in [0, 0.1) is 0 Å². The first kappa shape index (κ1) is 14.1. The van der Waals surface area contributed by atoms with Crippen LogP contribution in [-0.2, 0) is 0 Å². The highest BCUT2D eigenvalue weighted by Gasteiger charge is 2.19. The molecule has 2 rings (SSSR count). The first-order valence-corrected chi connectivity index (χ1v) is 6.96. The second-order valence-corrected chi connectivity index (χ2v) is 4.79. The number of nitrogens with one attached hydrogen (secondary N) is 1. The average Bonchev–Trinajstić information content (AvgIpc) is 2.49. The van der Waals surface area contributed by atoms with Gasteiger partial charge in [-0.2, -0.15) is 0 Å². The van der Waals surface area contributed by atoms with Gasteiger partial charge >= 0.3 is 0 Å². The number of benzene rings is 1. The van der Waals surface area contributed by atoms with Crippen molar-refractivity contribution in [3.63, 3.8) is 0 Å². The van der Waals surface area contributed by atoms with Crippen molar-refractivity contribution in [3.05, 3.63) is 96.8 Å². The molecule has 0 fully saturated rings. The van der Waals surface area contributed by atoms with Gasteiger partial charge in [0.25, 0.3) is 0 Å². The maximum absolute atomic E-state index is 4.06. The maximum atomic E-state index is 4.06. The fourth-order valence-corrected chi connectivity index (χ4v) is 2.28. The van der Waals surface area contributed by atoms with Crippen LogP contribution in [0.3, 0.4) is 0 Å². The van der Waals surface area contributed by atoms with Crippen LogP contribution in [0.15, 0.2) is 91.2 Å². The summed E-state index contributed by atoms with van der Waals surface area (Å²) in [5, 5.41) is 3.47. The molecule has 1 nitrogen and oxygen atoms in total. The Balaban J connectivity index is 2.07. The Hall–Kier alpha value is -2.28. The van der Waals surface area contributed by atoms with E-state index in [1.54, 1.807) is 0 Å². The van der Waals surface area contributed by atoms with E-state index in [4.69, 9.17) is 0 Å². The Labute approximate surface area is 121 Å². The van der Waals surface area contributed by atoms with Crippen molar-refractivity contribution in [1.29, 1.82) is 0 Å². The molecule has 1 aromatic carbocycles. The SMILES string of the molecule is C=C(/C=C\C=C/C)NC1C=CC=CC1c1ccccc1. The summed E-state index contributed by atoms with van der Waals surface area (Å²) in [6, 6.07) is 10.8. The van der Waals surface area contributed by atoms with Crippen LogP contribution in [-0.4, -0.2) is 6.04 Å². The van der Waals surface area contributed by atoms with Crippen LogP contribution in [0.2, 0.25) is 0 Å². The number of hydrogen-bond acceptors (Lipinski definition) is 1. The molecule has 0 saturated heterocycles.